The maximum Gasteiger partial charge on any atom is 0.405 e. The van der Waals surface area contributed by atoms with E-state index in [0.717, 1.165) is 17.3 Å². The summed E-state index contributed by atoms with van der Waals surface area (Å²) in [7, 11) is -3.91. The van der Waals surface area contributed by atoms with Crippen LogP contribution in [-0.2, 0) is 39.2 Å². The van der Waals surface area contributed by atoms with Crippen molar-refractivity contribution >= 4 is 24.6 Å². The molecule has 2 saturated heterocycles. The van der Waals surface area contributed by atoms with Crippen LogP contribution < -0.4 is 16.3 Å². The van der Waals surface area contributed by atoms with Crippen molar-refractivity contribution in [2.45, 2.75) is 84.3 Å². The largest absolute Gasteiger partial charge is 0.405 e. The Morgan fingerprint density at radius 3 is 2.55 bits per heavy atom. The summed E-state index contributed by atoms with van der Waals surface area (Å²) >= 11 is 1.13. The zero-order valence-electron chi connectivity index (χ0n) is 24.8. The van der Waals surface area contributed by atoms with Crippen LogP contribution in [0.25, 0.3) is 0 Å². The molecule has 2 aromatic rings. The second-order valence-electron chi connectivity index (χ2n) is 11.6. The maximum atomic E-state index is 13.9. The van der Waals surface area contributed by atoms with Crippen molar-refractivity contribution in [2.24, 2.45) is 5.41 Å². The Hall–Kier alpha value is -2.09. The fourth-order valence-corrected chi connectivity index (χ4v) is 7.16. The van der Waals surface area contributed by atoms with E-state index in [1.165, 1.54) is 16.8 Å². The summed E-state index contributed by atoms with van der Waals surface area (Å²) in [4.78, 5) is 39.0. The lowest BCUT2D eigenvalue weighted by atomic mass is 9.92. The van der Waals surface area contributed by atoms with Gasteiger partial charge in [-0.1, -0.05) is 62.9 Å². The Morgan fingerprint density at radius 1 is 1.17 bits per heavy atom. The molecule has 3 heterocycles. The second-order valence-corrected chi connectivity index (χ2v) is 14.5. The first-order chi connectivity index (χ1) is 19.7. The third kappa shape index (κ3) is 7.51. The first-order valence-corrected chi connectivity index (χ1v) is 16.4. The van der Waals surface area contributed by atoms with Crippen LogP contribution in [0.4, 0.5) is 0 Å². The molecule has 42 heavy (non-hydrogen) atoms. The molecular formula is C28H40N3O9PS. The van der Waals surface area contributed by atoms with Gasteiger partial charge in [0.25, 0.3) is 5.56 Å². The number of carbonyl (C=O) groups is 1. The first-order valence-electron chi connectivity index (χ1n) is 13.9. The number of ether oxygens (including phenoxy) is 3. The third-order valence-corrected chi connectivity index (χ3v) is 10.2. The number of hydrogen-bond acceptors (Lipinski definition) is 10. The van der Waals surface area contributed by atoms with Gasteiger partial charge in [0.1, 0.15) is 17.8 Å². The van der Waals surface area contributed by atoms with Crippen molar-refractivity contribution in [3.8, 4) is 0 Å². The van der Waals surface area contributed by atoms with Gasteiger partial charge in [0.15, 0.2) is 17.1 Å². The molecule has 0 radical (unpaired) electrons. The maximum absolute atomic E-state index is 13.9. The van der Waals surface area contributed by atoms with Crippen molar-refractivity contribution in [3.63, 3.8) is 0 Å². The molecule has 12 nitrogen and oxygen atoms in total. The van der Waals surface area contributed by atoms with E-state index in [0.29, 0.717) is 12.2 Å². The minimum absolute atomic E-state index is 0.00394. The van der Waals surface area contributed by atoms with Gasteiger partial charge in [-0.3, -0.25) is 28.2 Å². The van der Waals surface area contributed by atoms with Crippen molar-refractivity contribution in [2.75, 3.05) is 19.0 Å². The predicted molar refractivity (Wildman–Crippen MR) is 158 cm³/mol. The van der Waals surface area contributed by atoms with Crippen LogP contribution in [0.15, 0.2) is 52.2 Å². The van der Waals surface area contributed by atoms with E-state index >= 15 is 0 Å². The Kier molecular flexibility index (Phi) is 10.1. The molecule has 2 N–H and O–H groups in total. The van der Waals surface area contributed by atoms with Gasteiger partial charge >= 0.3 is 13.4 Å². The van der Waals surface area contributed by atoms with Crippen LogP contribution in [0, 0.1) is 5.41 Å². The first kappa shape index (κ1) is 32.8. The van der Waals surface area contributed by atoms with Gasteiger partial charge in [-0.25, -0.2) is 14.4 Å². The lowest BCUT2D eigenvalue weighted by Crippen LogP contribution is -2.45. The fraction of sp³-hybridized carbons (Fsp3) is 0.607. The minimum atomic E-state index is -3.91. The molecule has 0 saturated carbocycles. The van der Waals surface area contributed by atoms with Crippen LogP contribution >= 0.6 is 19.5 Å². The van der Waals surface area contributed by atoms with Crippen molar-refractivity contribution in [1.82, 2.24) is 14.6 Å². The predicted octanol–water partition coefficient (Wildman–Crippen LogP) is 3.97. The average molecular weight is 626 g/mol. The summed E-state index contributed by atoms with van der Waals surface area (Å²) in [6.07, 6.45) is -0.443. The fourth-order valence-electron chi connectivity index (χ4n) is 4.84. The molecule has 2 aliphatic heterocycles. The SMILES string of the molecule is CCC(C)(C)C(=O)SCCOP(=O)(NCc1ccccc1)OC[C@H]1O[C@@H](n2ccc(=O)[nH]c2=O)[C@]2(C)OC(C)(C)O[C@H]12. The van der Waals surface area contributed by atoms with Gasteiger partial charge in [-0.2, -0.15) is 0 Å². The molecule has 232 valence electrons. The number of H-pyrrole nitrogens is 1. The van der Waals surface area contributed by atoms with E-state index in [4.69, 9.17) is 23.3 Å². The average Bonchev–Trinajstić information content (AvgIpc) is 3.34. The van der Waals surface area contributed by atoms with Crippen molar-refractivity contribution in [1.29, 1.82) is 0 Å². The minimum Gasteiger partial charge on any atom is -0.346 e. The lowest BCUT2D eigenvalue weighted by molar-refractivity contribution is -0.217. The zero-order chi connectivity index (χ0) is 30.8. The Labute approximate surface area is 249 Å². The number of nitrogens with zero attached hydrogens (tertiary/aromatic N) is 1. The summed E-state index contributed by atoms with van der Waals surface area (Å²) in [5.74, 6) is -0.709. The molecule has 2 fully saturated rings. The topological polar surface area (TPSA) is 147 Å². The van der Waals surface area contributed by atoms with E-state index in [2.05, 4.69) is 10.1 Å². The normalized spacial score (nSPS) is 26.6. The third-order valence-electron chi connectivity index (χ3n) is 7.42. The van der Waals surface area contributed by atoms with Gasteiger partial charge in [0.2, 0.25) is 0 Å². The molecule has 5 atom stereocenters. The molecule has 0 bridgehead atoms. The molecule has 2 aliphatic rings. The monoisotopic (exact) mass is 625 g/mol. The number of thioether (sulfide) groups is 1. The van der Waals surface area contributed by atoms with Crippen LogP contribution in [0.1, 0.15) is 59.8 Å². The molecule has 4 rings (SSSR count). The van der Waals surface area contributed by atoms with E-state index in [-0.39, 0.29) is 24.9 Å². The van der Waals surface area contributed by atoms with Crippen molar-refractivity contribution < 1.29 is 32.6 Å². The number of hydrogen-bond donors (Lipinski definition) is 2. The summed E-state index contributed by atoms with van der Waals surface area (Å²) < 4.78 is 45.4. The number of aromatic nitrogens is 2. The van der Waals surface area contributed by atoms with E-state index in [9.17, 15) is 18.9 Å². The number of aromatic amines is 1. The summed E-state index contributed by atoms with van der Waals surface area (Å²) in [5, 5.41) is 2.94. The number of fused-ring (bicyclic) bond motifs is 1. The van der Waals surface area contributed by atoms with E-state index in [1.54, 1.807) is 20.8 Å². The van der Waals surface area contributed by atoms with Gasteiger partial charge < -0.3 is 14.2 Å². The highest BCUT2D eigenvalue weighted by Gasteiger charge is 2.64. The molecule has 1 unspecified atom stereocenters. The number of carbonyl (C=O) groups excluding carboxylic acids is 1. The highest BCUT2D eigenvalue weighted by Crippen LogP contribution is 2.52. The number of benzene rings is 1. The van der Waals surface area contributed by atoms with Gasteiger partial charge in [-0.05, 0) is 32.8 Å². The molecule has 1 aromatic carbocycles. The second kappa shape index (κ2) is 12.9. The van der Waals surface area contributed by atoms with Crippen LogP contribution in [0.2, 0.25) is 0 Å². The number of nitrogens with one attached hydrogen (secondary N) is 2. The van der Waals surface area contributed by atoms with Crippen molar-refractivity contribution in [3.05, 3.63) is 69.0 Å². The number of rotatable bonds is 13. The highest BCUT2D eigenvalue weighted by atomic mass is 32.2. The molecular weight excluding hydrogens is 585 g/mol. The quantitative estimate of drug-likeness (QED) is 0.246. The summed E-state index contributed by atoms with van der Waals surface area (Å²) in [6, 6.07) is 10.6. The zero-order valence-corrected chi connectivity index (χ0v) is 26.5. The lowest BCUT2D eigenvalue weighted by Gasteiger charge is -2.30. The Balaban J connectivity index is 1.49. The van der Waals surface area contributed by atoms with Gasteiger partial charge in [-0.15, -0.1) is 0 Å². The summed E-state index contributed by atoms with van der Waals surface area (Å²) in [5.41, 5.74) is -1.94. The molecule has 0 spiro atoms. The van der Waals surface area contributed by atoms with Gasteiger partial charge in [0.05, 0.1) is 13.2 Å². The van der Waals surface area contributed by atoms with Crippen LogP contribution in [-0.4, -0.2) is 57.2 Å². The molecule has 14 heteroatoms. The Morgan fingerprint density at radius 2 is 1.88 bits per heavy atom. The summed E-state index contributed by atoms with van der Waals surface area (Å²) in [6.45, 7) is 11.0. The molecule has 0 aliphatic carbocycles. The smallest absolute Gasteiger partial charge is 0.346 e. The van der Waals surface area contributed by atoms with Crippen LogP contribution in [0.3, 0.4) is 0 Å². The van der Waals surface area contributed by atoms with E-state index in [1.807, 2.05) is 51.1 Å². The van der Waals surface area contributed by atoms with Gasteiger partial charge in [0, 0.05) is 30.0 Å². The standard InChI is InChI=1S/C28H40N3O9PS/c1-7-26(2,3)24(33)42-16-15-36-41(35,29-17-19-11-9-8-10-12-19)37-18-20-22-28(6,40-27(4,5)39-22)23(38-20)31-14-13-21(32)30-25(31)34/h8-14,20,22-23H,7,15-18H2,1-6H3,(H,29,35)(H,30,32,34)/t20-,22-,23-,28-,41?/m1/s1. The Bertz CT molecular complexity index is 1410. The molecule has 1 aromatic heterocycles. The van der Waals surface area contributed by atoms with Crippen LogP contribution in [0.5, 0.6) is 0 Å². The molecule has 0 amide bonds. The highest BCUT2D eigenvalue weighted by molar-refractivity contribution is 8.13. The van der Waals surface area contributed by atoms with E-state index < -0.39 is 54.2 Å².